The Bertz CT molecular complexity index is 1850. The van der Waals surface area contributed by atoms with Crippen LogP contribution < -0.4 is 15.4 Å². The number of phenols is 1. The van der Waals surface area contributed by atoms with Crippen LogP contribution in [0.15, 0.2) is 47.8 Å². The molecule has 1 amide bonds. The number of aromatic nitrogens is 3. The molecule has 278 valence electrons. The molecule has 2 aromatic carbocycles. The predicted molar refractivity (Wildman–Crippen MR) is 196 cm³/mol. The van der Waals surface area contributed by atoms with Crippen molar-refractivity contribution in [3.63, 3.8) is 0 Å². The van der Waals surface area contributed by atoms with Crippen LogP contribution in [0.3, 0.4) is 0 Å². The molecule has 3 heterocycles. The normalized spacial score (nSPS) is 21.0. The number of rotatable bonds is 14. The average molecular weight is 733 g/mol. The number of aliphatic hydroxyl groups is 2. The number of carbonyl (C=O) groups is 2. The number of aryl methyl sites for hydroxylation is 1. The third-order valence-electron chi connectivity index (χ3n) is 11.0. The Hall–Kier alpha value is -4.08. The van der Waals surface area contributed by atoms with Crippen LogP contribution in [0.4, 0.5) is 5.69 Å². The van der Waals surface area contributed by atoms with Crippen molar-refractivity contribution in [3.05, 3.63) is 63.8 Å². The Balaban J connectivity index is 0.849. The number of amides is 1. The highest BCUT2D eigenvalue weighted by atomic mass is 32.1. The van der Waals surface area contributed by atoms with Crippen LogP contribution in [-0.4, -0.2) is 86.0 Å². The zero-order valence-electron chi connectivity index (χ0n) is 29.5. The molecule has 3 aliphatic rings. The van der Waals surface area contributed by atoms with Gasteiger partial charge in [0.05, 0.1) is 11.6 Å². The van der Waals surface area contributed by atoms with Gasteiger partial charge in [0, 0.05) is 42.0 Å². The fourth-order valence-electron chi connectivity index (χ4n) is 8.00. The van der Waals surface area contributed by atoms with Crippen molar-refractivity contribution < 1.29 is 34.4 Å². The number of carbonyl (C=O) groups excluding carboxylic acids is 2. The summed E-state index contributed by atoms with van der Waals surface area (Å²) in [7, 11) is 2.16. The molecule has 2 fully saturated rings. The number of thiophene rings is 1. The van der Waals surface area contributed by atoms with Gasteiger partial charge in [0.15, 0.2) is 18.0 Å². The van der Waals surface area contributed by atoms with Gasteiger partial charge in [-0.2, -0.15) is 0 Å². The molecule has 2 atom stereocenters. The average Bonchev–Trinajstić information content (AvgIpc) is 3.96. The van der Waals surface area contributed by atoms with E-state index in [1.807, 2.05) is 40.4 Å². The summed E-state index contributed by atoms with van der Waals surface area (Å²) in [4.78, 5) is 28.2. The van der Waals surface area contributed by atoms with Crippen LogP contribution in [0.25, 0.3) is 11.0 Å². The predicted octanol–water partition coefficient (Wildman–Crippen LogP) is 4.61. The van der Waals surface area contributed by atoms with E-state index in [2.05, 4.69) is 32.9 Å². The fourth-order valence-corrected chi connectivity index (χ4v) is 8.89. The van der Waals surface area contributed by atoms with Crippen molar-refractivity contribution in [2.24, 2.45) is 5.92 Å². The van der Waals surface area contributed by atoms with Gasteiger partial charge in [-0.3, -0.25) is 4.79 Å². The standard InChI is InChI=1S/C38H48N6O7S/c1-43(26-10-12-27(13-11-26)51-37(48)38(49,25-6-2-3-7-25)33-8-4-19-52-33)17-5-18-44-30-15-9-24(20-29(30)41-42-44)21-39-22-32(46)28-14-16-31(45)35-36(28)50-23-34(47)40-35/h4,8-9,14-16,19-20,25-27,32,39,45-46,49H,2-3,5-7,10-13,17-18,21-23H2,1H3,(H,40,47)/t26?,27?,32-,38+/m0/s1. The first-order valence-corrected chi connectivity index (χ1v) is 19.3. The van der Waals surface area contributed by atoms with Crippen molar-refractivity contribution >= 4 is 39.9 Å². The summed E-state index contributed by atoms with van der Waals surface area (Å²) < 4.78 is 13.5. The maximum atomic E-state index is 13.5. The van der Waals surface area contributed by atoms with Gasteiger partial charge in [-0.15, -0.1) is 16.4 Å². The summed E-state index contributed by atoms with van der Waals surface area (Å²) in [6, 6.07) is 13.2. The summed E-state index contributed by atoms with van der Waals surface area (Å²) in [5.41, 5.74) is 1.88. The Morgan fingerprint density at radius 1 is 1.17 bits per heavy atom. The number of nitrogens with zero attached hydrogens (tertiary/aromatic N) is 4. The first-order valence-electron chi connectivity index (χ1n) is 18.4. The van der Waals surface area contributed by atoms with E-state index >= 15 is 0 Å². The molecule has 2 saturated carbocycles. The lowest BCUT2D eigenvalue weighted by Gasteiger charge is -2.37. The lowest BCUT2D eigenvalue weighted by Crippen LogP contribution is -2.45. The van der Waals surface area contributed by atoms with Crippen molar-refractivity contribution in [1.29, 1.82) is 0 Å². The molecule has 2 aliphatic carbocycles. The highest BCUT2D eigenvalue weighted by molar-refractivity contribution is 7.10. The van der Waals surface area contributed by atoms with Crippen LogP contribution in [-0.2, 0) is 33.0 Å². The molecular formula is C38H48N6O7S. The van der Waals surface area contributed by atoms with E-state index in [0.29, 0.717) is 23.0 Å². The minimum atomic E-state index is -1.54. The van der Waals surface area contributed by atoms with Gasteiger partial charge < -0.3 is 40.3 Å². The molecule has 0 radical (unpaired) electrons. The van der Waals surface area contributed by atoms with Gasteiger partial charge in [0.2, 0.25) is 0 Å². The topological polar surface area (TPSA) is 171 Å². The fraction of sp³-hybridized carbons (Fsp3) is 0.526. The highest BCUT2D eigenvalue weighted by Gasteiger charge is 2.49. The second kappa shape index (κ2) is 15.9. The zero-order chi connectivity index (χ0) is 36.2. The number of fused-ring (bicyclic) bond motifs is 2. The SMILES string of the molecule is CN(CCCn1nnc2cc(CNC[C@H](O)c3ccc(O)c4c3OCC(=O)N4)ccc21)C1CCC(OC(=O)[C@](O)(c2cccs2)C2CCCC2)CC1. The smallest absolute Gasteiger partial charge is 0.344 e. The molecule has 0 unspecified atom stereocenters. The Kier molecular flexibility index (Phi) is 11.1. The third-order valence-corrected chi connectivity index (χ3v) is 12.0. The van der Waals surface area contributed by atoms with Crippen LogP contribution in [0.1, 0.15) is 79.9 Å². The number of nitrogens with one attached hydrogen (secondary N) is 2. The molecule has 1 aliphatic heterocycles. The number of aromatic hydroxyl groups is 1. The van der Waals surface area contributed by atoms with E-state index in [-0.39, 0.29) is 48.3 Å². The van der Waals surface area contributed by atoms with Crippen LogP contribution in [0.5, 0.6) is 11.5 Å². The number of phenolic OH excluding ortho intramolecular Hbond substituents is 1. The second-order valence-electron chi connectivity index (χ2n) is 14.4. The summed E-state index contributed by atoms with van der Waals surface area (Å²) in [6.45, 7) is 2.20. The Morgan fingerprint density at radius 3 is 2.75 bits per heavy atom. The van der Waals surface area contributed by atoms with E-state index in [1.165, 1.54) is 17.4 Å². The molecule has 5 N–H and O–H groups in total. The second-order valence-corrected chi connectivity index (χ2v) is 15.3. The van der Waals surface area contributed by atoms with E-state index < -0.39 is 17.7 Å². The van der Waals surface area contributed by atoms with Gasteiger partial charge >= 0.3 is 5.97 Å². The Morgan fingerprint density at radius 2 is 1.98 bits per heavy atom. The number of hydrogen-bond donors (Lipinski definition) is 5. The molecular weight excluding hydrogens is 685 g/mol. The van der Waals surface area contributed by atoms with Gasteiger partial charge in [0.25, 0.3) is 5.91 Å². The molecule has 2 aromatic heterocycles. The minimum absolute atomic E-state index is 0.0819. The van der Waals surface area contributed by atoms with Crippen molar-refractivity contribution in [2.45, 2.75) is 94.7 Å². The lowest BCUT2D eigenvalue weighted by atomic mass is 9.84. The first-order chi connectivity index (χ1) is 25.2. The van der Waals surface area contributed by atoms with Gasteiger partial charge in [-0.05, 0) is 99.8 Å². The number of esters is 1. The van der Waals surface area contributed by atoms with E-state index in [1.54, 1.807) is 6.07 Å². The molecule has 52 heavy (non-hydrogen) atoms. The number of ether oxygens (including phenoxy) is 2. The summed E-state index contributed by atoms with van der Waals surface area (Å²) >= 11 is 1.43. The first kappa shape index (κ1) is 36.3. The molecule has 14 heteroatoms. The number of benzene rings is 2. The quantitative estimate of drug-likeness (QED) is 0.0907. The Labute approximate surface area is 306 Å². The van der Waals surface area contributed by atoms with Crippen LogP contribution in [0.2, 0.25) is 0 Å². The van der Waals surface area contributed by atoms with Crippen LogP contribution >= 0.6 is 11.3 Å². The minimum Gasteiger partial charge on any atom is -0.506 e. The molecule has 0 saturated heterocycles. The zero-order valence-corrected chi connectivity index (χ0v) is 30.3. The monoisotopic (exact) mass is 732 g/mol. The maximum Gasteiger partial charge on any atom is 0.344 e. The molecule has 7 rings (SSSR count). The molecule has 4 aromatic rings. The lowest BCUT2D eigenvalue weighted by molar-refractivity contribution is -0.180. The molecule has 13 nitrogen and oxygen atoms in total. The highest BCUT2D eigenvalue weighted by Crippen LogP contribution is 2.44. The van der Waals surface area contributed by atoms with Crippen molar-refractivity contribution in [1.82, 2.24) is 25.2 Å². The largest absolute Gasteiger partial charge is 0.506 e. The maximum absolute atomic E-state index is 13.5. The van der Waals surface area contributed by atoms with Crippen molar-refractivity contribution in [2.75, 3.05) is 32.1 Å². The number of aliphatic hydroxyl groups excluding tert-OH is 1. The molecule has 0 spiro atoms. The van der Waals surface area contributed by atoms with E-state index in [0.717, 1.165) is 87.5 Å². The summed E-state index contributed by atoms with van der Waals surface area (Å²) in [5, 5.41) is 49.2. The third kappa shape index (κ3) is 7.67. The van der Waals surface area contributed by atoms with Gasteiger partial charge in [-0.1, -0.05) is 30.2 Å². The summed E-state index contributed by atoms with van der Waals surface area (Å²) in [6.07, 6.45) is 7.08. The van der Waals surface area contributed by atoms with E-state index in [9.17, 15) is 24.9 Å². The van der Waals surface area contributed by atoms with Gasteiger partial charge in [-0.25, -0.2) is 9.48 Å². The van der Waals surface area contributed by atoms with E-state index in [4.69, 9.17) is 9.47 Å². The van der Waals surface area contributed by atoms with Crippen LogP contribution in [0, 0.1) is 5.92 Å². The van der Waals surface area contributed by atoms with Crippen molar-refractivity contribution in [3.8, 4) is 11.5 Å². The van der Waals surface area contributed by atoms with Gasteiger partial charge in [0.1, 0.15) is 23.1 Å². The summed E-state index contributed by atoms with van der Waals surface area (Å²) in [5.74, 6) is -0.746. The number of anilines is 1. The number of hydrogen-bond acceptors (Lipinski definition) is 12. The molecule has 0 bridgehead atoms.